The highest BCUT2D eigenvalue weighted by Gasteiger charge is 2.42. The van der Waals surface area contributed by atoms with Gasteiger partial charge in [0.15, 0.2) is 11.5 Å². The van der Waals surface area contributed by atoms with Crippen LogP contribution < -0.4 is 9.47 Å². The van der Waals surface area contributed by atoms with Crippen LogP contribution >= 0.6 is 0 Å². The van der Waals surface area contributed by atoms with Gasteiger partial charge >= 0.3 is 0 Å². The molecule has 0 bridgehead atoms. The normalized spacial score (nSPS) is 20.0. The molecule has 2 aliphatic rings. The zero-order valence-corrected chi connectivity index (χ0v) is 19.7. The molecule has 33 heavy (non-hydrogen) atoms. The lowest BCUT2D eigenvalue weighted by atomic mass is 9.96. The predicted octanol–water partition coefficient (Wildman–Crippen LogP) is 4.38. The van der Waals surface area contributed by atoms with Gasteiger partial charge in [-0.1, -0.05) is 62.1 Å². The van der Waals surface area contributed by atoms with Crippen LogP contribution in [0.1, 0.15) is 55.7 Å². The van der Waals surface area contributed by atoms with Crippen LogP contribution in [0.3, 0.4) is 0 Å². The minimum atomic E-state index is -0.655. The van der Waals surface area contributed by atoms with Gasteiger partial charge in [0, 0.05) is 12.6 Å². The molecule has 2 aromatic rings. The number of ether oxygens (including phenoxy) is 2. The van der Waals surface area contributed by atoms with Crippen LogP contribution in [-0.2, 0) is 16.0 Å². The summed E-state index contributed by atoms with van der Waals surface area (Å²) in [6.07, 6.45) is 7.28. The standard InChI is InChI=1S/C27H34N2O4/c1-32-23-15-14-21(18-24(23)33-2)26-27(31)29(22-12-8-3-4-9-13-22)19-25(30)28(26)17-16-20-10-6-5-7-11-20/h5-7,10-11,14-15,18,22,26H,3-4,8-9,12-13,16-17,19H2,1-2H3. The third kappa shape index (κ3) is 5.15. The quantitative estimate of drug-likeness (QED) is 0.588. The van der Waals surface area contributed by atoms with Crippen molar-refractivity contribution in [2.24, 2.45) is 0 Å². The van der Waals surface area contributed by atoms with Crippen LogP contribution in [0, 0.1) is 0 Å². The van der Waals surface area contributed by atoms with Crippen LogP contribution in [0.15, 0.2) is 48.5 Å². The Morgan fingerprint density at radius 1 is 0.879 bits per heavy atom. The SMILES string of the molecule is COc1ccc(C2C(=O)N(C3CCCCCC3)CC(=O)N2CCc2ccccc2)cc1OC. The van der Waals surface area contributed by atoms with Crippen molar-refractivity contribution in [1.82, 2.24) is 9.80 Å². The third-order valence-electron chi connectivity index (χ3n) is 6.93. The van der Waals surface area contributed by atoms with E-state index in [0.29, 0.717) is 24.5 Å². The van der Waals surface area contributed by atoms with E-state index in [1.165, 1.54) is 12.8 Å². The molecule has 0 N–H and O–H groups in total. The molecule has 6 nitrogen and oxygen atoms in total. The van der Waals surface area contributed by atoms with Crippen molar-refractivity contribution >= 4 is 11.8 Å². The molecule has 1 aliphatic heterocycles. The lowest BCUT2D eigenvalue weighted by molar-refractivity contribution is -0.158. The van der Waals surface area contributed by atoms with Crippen molar-refractivity contribution in [3.05, 3.63) is 59.7 Å². The number of nitrogens with zero attached hydrogens (tertiary/aromatic N) is 2. The Hall–Kier alpha value is -3.02. The minimum Gasteiger partial charge on any atom is -0.493 e. The number of carbonyl (C=O) groups excluding carboxylic acids is 2. The van der Waals surface area contributed by atoms with E-state index in [4.69, 9.17) is 9.47 Å². The van der Waals surface area contributed by atoms with E-state index in [0.717, 1.165) is 36.8 Å². The van der Waals surface area contributed by atoms with Gasteiger partial charge in [0.05, 0.1) is 14.2 Å². The first-order chi connectivity index (χ1) is 16.1. The number of piperazine rings is 1. The maximum Gasteiger partial charge on any atom is 0.250 e. The summed E-state index contributed by atoms with van der Waals surface area (Å²) in [5.41, 5.74) is 1.91. The third-order valence-corrected chi connectivity index (χ3v) is 6.93. The van der Waals surface area contributed by atoms with Gasteiger partial charge in [-0.2, -0.15) is 0 Å². The molecule has 0 radical (unpaired) electrons. The van der Waals surface area contributed by atoms with Crippen molar-refractivity contribution in [2.45, 2.75) is 57.0 Å². The summed E-state index contributed by atoms with van der Waals surface area (Å²) in [5, 5.41) is 0. The van der Waals surface area contributed by atoms with Crippen LogP contribution in [0.5, 0.6) is 11.5 Å². The first kappa shape index (κ1) is 23.1. The largest absolute Gasteiger partial charge is 0.493 e. The first-order valence-electron chi connectivity index (χ1n) is 12.0. The van der Waals surface area contributed by atoms with Crippen molar-refractivity contribution in [1.29, 1.82) is 0 Å². The van der Waals surface area contributed by atoms with Crippen LogP contribution in [-0.4, -0.2) is 55.0 Å². The fourth-order valence-corrected chi connectivity index (χ4v) is 5.12. The molecule has 1 saturated carbocycles. The van der Waals surface area contributed by atoms with Gasteiger partial charge in [0.2, 0.25) is 5.91 Å². The highest BCUT2D eigenvalue weighted by Crippen LogP contribution is 2.36. The Kier molecular flexibility index (Phi) is 7.53. The van der Waals surface area contributed by atoms with E-state index < -0.39 is 6.04 Å². The second-order valence-electron chi connectivity index (χ2n) is 8.95. The number of hydrogen-bond acceptors (Lipinski definition) is 4. The highest BCUT2D eigenvalue weighted by molar-refractivity contribution is 5.96. The zero-order valence-electron chi connectivity index (χ0n) is 19.7. The summed E-state index contributed by atoms with van der Waals surface area (Å²) in [4.78, 5) is 31.0. The second-order valence-corrected chi connectivity index (χ2v) is 8.95. The van der Waals surface area contributed by atoms with Gasteiger partial charge in [-0.05, 0) is 42.5 Å². The van der Waals surface area contributed by atoms with Gasteiger partial charge < -0.3 is 19.3 Å². The first-order valence-corrected chi connectivity index (χ1v) is 12.0. The molecule has 0 aromatic heterocycles. The van der Waals surface area contributed by atoms with Gasteiger partial charge in [-0.3, -0.25) is 9.59 Å². The smallest absolute Gasteiger partial charge is 0.250 e. The van der Waals surface area contributed by atoms with E-state index >= 15 is 0 Å². The Morgan fingerprint density at radius 2 is 1.58 bits per heavy atom. The molecule has 2 fully saturated rings. The van der Waals surface area contributed by atoms with E-state index in [9.17, 15) is 9.59 Å². The van der Waals surface area contributed by atoms with Crippen molar-refractivity contribution in [3.8, 4) is 11.5 Å². The molecule has 1 aliphatic carbocycles. The number of benzene rings is 2. The molecular formula is C27H34N2O4. The topological polar surface area (TPSA) is 59.1 Å². The molecule has 1 unspecified atom stereocenters. The summed E-state index contributed by atoms with van der Waals surface area (Å²) in [6, 6.07) is 15.1. The fraction of sp³-hybridized carbons (Fsp3) is 0.481. The number of hydrogen-bond donors (Lipinski definition) is 0. The molecule has 1 atom stereocenters. The molecular weight excluding hydrogens is 416 g/mol. The fourth-order valence-electron chi connectivity index (χ4n) is 5.12. The Morgan fingerprint density at radius 3 is 2.24 bits per heavy atom. The summed E-state index contributed by atoms with van der Waals surface area (Å²) < 4.78 is 10.9. The minimum absolute atomic E-state index is 0.00885. The van der Waals surface area contributed by atoms with E-state index in [1.807, 2.05) is 41.3 Å². The zero-order chi connectivity index (χ0) is 23.2. The van der Waals surface area contributed by atoms with Crippen LogP contribution in [0.2, 0.25) is 0 Å². The lowest BCUT2D eigenvalue weighted by Gasteiger charge is -2.43. The Labute approximate surface area is 196 Å². The molecule has 0 spiro atoms. The number of carbonyl (C=O) groups is 2. The Balaban J connectivity index is 1.66. The molecule has 2 amide bonds. The summed E-state index contributed by atoms with van der Waals surface area (Å²) in [6.45, 7) is 0.661. The maximum atomic E-state index is 13.9. The Bertz CT molecular complexity index is 954. The second kappa shape index (κ2) is 10.7. The van der Waals surface area contributed by atoms with Crippen LogP contribution in [0.4, 0.5) is 0 Å². The van der Waals surface area contributed by atoms with Gasteiger partial charge in [-0.25, -0.2) is 0 Å². The summed E-state index contributed by atoms with van der Waals surface area (Å²) in [5.74, 6) is 1.19. The molecule has 1 saturated heterocycles. The van der Waals surface area contributed by atoms with Gasteiger partial charge in [-0.15, -0.1) is 0 Å². The number of rotatable bonds is 7. The van der Waals surface area contributed by atoms with Crippen molar-refractivity contribution < 1.29 is 19.1 Å². The average Bonchev–Trinajstić information content (AvgIpc) is 3.14. The van der Waals surface area contributed by atoms with Gasteiger partial charge in [0.25, 0.3) is 5.91 Å². The number of methoxy groups -OCH3 is 2. The predicted molar refractivity (Wildman–Crippen MR) is 127 cm³/mol. The molecule has 6 heteroatoms. The van der Waals surface area contributed by atoms with Crippen LogP contribution in [0.25, 0.3) is 0 Å². The summed E-state index contributed by atoms with van der Waals surface area (Å²) >= 11 is 0. The summed E-state index contributed by atoms with van der Waals surface area (Å²) in [7, 11) is 3.17. The molecule has 4 rings (SSSR count). The van der Waals surface area contributed by atoms with E-state index in [-0.39, 0.29) is 24.4 Å². The maximum absolute atomic E-state index is 13.9. The van der Waals surface area contributed by atoms with E-state index in [1.54, 1.807) is 19.1 Å². The van der Waals surface area contributed by atoms with Gasteiger partial charge in [0.1, 0.15) is 12.6 Å². The highest BCUT2D eigenvalue weighted by atomic mass is 16.5. The van der Waals surface area contributed by atoms with Crippen molar-refractivity contribution in [3.63, 3.8) is 0 Å². The molecule has 176 valence electrons. The monoisotopic (exact) mass is 450 g/mol. The average molecular weight is 451 g/mol. The lowest BCUT2D eigenvalue weighted by Crippen LogP contribution is -2.58. The number of amides is 2. The van der Waals surface area contributed by atoms with E-state index in [2.05, 4.69) is 12.1 Å². The molecule has 2 aromatic carbocycles. The van der Waals surface area contributed by atoms with Crippen molar-refractivity contribution in [2.75, 3.05) is 27.3 Å². The molecule has 1 heterocycles.